The van der Waals surface area contributed by atoms with Crippen LogP contribution in [0.2, 0.25) is 15.1 Å². The van der Waals surface area contributed by atoms with Crippen molar-refractivity contribution >= 4 is 52.8 Å². The molecule has 9 heteroatoms. The minimum Gasteiger partial charge on any atom is -0.488 e. The van der Waals surface area contributed by atoms with Crippen molar-refractivity contribution in [2.75, 3.05) is 19.8 Å². The summed E-state index contributed by atoms with van der Waals surface area (Å²) in [6, 6.07) is 19.4. The molecule has 0 aliphatic rings. The molecule has 3 aromatic rings. The second kappa shape index (κ2) is 12.1. The zero-order valence-corrected chi connectivity index (χ0v) is 20.2. The normalized spacial score (nSPS) is 10.5. The largest absolute Gasteiger partial charge is 0.488 e. The first-order valence-corrected chi connectivity index (χ1v) is 11.6. The molecule has 0 heterocycles. The predicted octanol–water partition coefficient (Wildman–Crippen LogP) is 7.98. The van der Waals surface area contributed by atoms with E-state index in [1.165, 1.54) is 16.3 Å². The van der Waals surface area contributed by atoms with Gasteiger partial charge in [0.1, 0.15) is 30.5 Å². The predicted molar refractivity (Wildman–Crippen MR) is 130 cm³/mol. The van der Waals surface area contributed by atoms with Crippen LogP contribution in [0.15, 0.2) is 71.6 Å². The minimum atomic E-state index is -0.451. The van der Waals surface area contributed by atoms with Crippen molar-refractivity contribution in [2.45, 2.75) is 11.8 Å². The third-order valence-corrected chi connectivity index (χ3v) is 5.91. The average molecular weight is 513 g/mol. The third-order valence-electron chi connectivity index (χ3n) is 4.02. The molecule has 3 aromatic carbocycles. The Morgan fingerprint density at radius 2 is 1.66 bits per heavy atom. The smallest absolute Gasteiger partial charge is 0.420 e. The Morgan fingerprint density at radius 3 is 2.34 bits per heavy atom. The van der Waals surface area contributed by atoms with Gasteiger partial charge in [0, 0.05) is 27.6 Å². The van der Waals surface area contributed by atoms with Crippen LogP contribution in [0.1, 0.15) is 6.92 Å². The minimum absolute atomic E-state index is 0.0770. The van der Waals surface area contributed by atoms with Crippen molar-refractivity contribution in [3.8, 4) is 17.2 Å². The zero-order chi connectivity index (χ0) is 22.9. The first-order valence-electron chi connectivity index (χ1n) is 9.68. The van der Waals surface area contributed by atoms with E-state index >= 15 is 0 Å². The highest BCUT2D eigenvalue weighted by molar-refractivity contribution is 7.97. The van der Waals surface area contributed by atoms with Crippen molar-refractivity contribution in [1.82, 2.24) is 4.31 Å². The maximum absolute atomic E-state index is 12.3. The van der Waals surface area contributed by atoms with Crippen LogP contribution in [0.5, 0.6) is 17.2 Å². The highest BCUT2D eigenvalue weighted by Gasteiger charge is 2.15. The van der Waals surface area contributed by atoms with E-state index in [9.17, 15) is 4.79 Å². The lowest BCUT2D eigenvalue weighted by Gasteiger charge is -2.19. The van der Waals surface area contributed by atoms with E-state index < -0.39 is 6.09 Å². The Bertz CT molecular complexity index is 1050. The number of halogens is 3. The number of carbonyl (C=O) groups is 1. The Hall–Kier alpha value is -2.25. The molecule has 0 aliphatic heterocycles. The summed E-state index contributed by atoms with van der Waals surface area (Å²) in [7, 11) is 0. The fourth-order valence-electron chi connectivity index (χ4n) is 2.53. The van der Waals surface area contributed by atoms with E-state index in [4.69, 9.17) is 49.0 Å². The van der Waals surface area contributed by atoms with Gasteiger partial charge < -0.3 is 14.2 Å². The molecule has 5 nitrogen and oxygen atoms in total. The lowest BCUT2D eigenvalue weighted by Crippen LogP contribution is -2.26. The summed E-state index contributed by atoms with van der Waals surface area (Å²) >= 11 is 19.4. The molecule has 0 saturated carbocycles. The molecule has 0 aromatic heterocycles. The second-order valence-corrected chi connectivity index (χ2v) is 8.73. The Morgan fingerprint density at radius 1 is 0.906 bits per heavy atom. The summed E-state index contributed by atoms with van der Waals surface area (Å²) in [6.07, 6.45) is -0.451. The topological polar surface area (TPSA) is 48.0 Å². The third kappa shape index (κ3) is 7.41. The molecule has 32 heavy (non-hydrogen) atoms. The first kappa shape index (κ1) is 24.4. The number of ether oxygens (including phenoxy) is 3. The van der Waals surface area contributed by atoms with Gasteiger partial charge in [-0.1, -0.05) is 40.9 Å². The Balaban J connectivity index is 1.46. The fourth-order valence-corrected chi connectivity index (χ4v) is 3.83. The molecule has 0 fully saturated rings. The summed E-state index contributed by atoms with van der Waals surface area (Å²) in [5.74, 6) is 1.61. The molecule has 168 valence electrons. The first-order chi connectivity index (χ1) is 15.4. The van der Waals surface area contributed by atoms with Crippen molar-refractivity contribution in [3.05, 3.63) is 81.8 Å². The number of carbonyl (C=O) groups excluding carboxylic acids is 1. The maximum Gasteiger partial charge on any atom is 0.420 e. The standard InChI is InChI=1S/C23H20Cl3NO4S/c1-2-27(32-20-9-6-16(24)7-10-20)23(28)30-13-12-29-22-11-8-19(15-21(22)26)31-18-5-3-4-17(25)14-18/h3-11,14-15H,2,12-13H2,1H3. The van der Waals surface area contributed by atoms with Crippen LogP contribution in [-0.2, 0) is 4.74 Å². The van der Waals surface area contributed by atoms with E-state index in [0.717, 1.165) is 4.90 Å². The lowest BCUT2D eigenvalue weighted by molar-refractivity contribution is 0.111. The molecule has 0 bridgehead atoms. The van der Waals surface area contributed by atoms with Gasteiger partial charge >= 0.3 is 6.09 Å². The van der Waals surface area contributed by atoms with Gasteiger partial charge in [0.25, 0.3) is 0 Å². The molecule has 0 saturated heterocycles. The zero-order valence-electron chi connectivity index (χ0n) is 17.1. The van der Waals surface area contributed by atoms with E-state index in [-0.39, 0.29) is 13.2 Å². The van der Waals surface area contributed by atoms with Gasteiger partial charge in [-0.25, -0.2) is 9.10 Å². The quantitative estimate of drug-likeness (QED) is 0.215. The monoisotopic (exact) mass is 511 g/mol. The molecule has 0 radical (unpaired) electrons. The van der Waals surface area contributed by atoms with Gasteiger partial charge in [0.2, 0.25) is 0 Å². The SMILES string of the molecule is CCN(Sc1ccc(Cl)cc1)C(=O)OCCOc1ccc(Oc2cccc(Cl)c2)cc1Cl. The van der Waals surface area contributed by atoms with Crippen molar-refractivity contribution in [3.63, 3.8) is 0 Å². The maximum atomic E-state index is 12.3. The molecule has 0 atom stereocenters. The number of hydrogen-bond donors (Lipinski definition) is 0. The molecule has 1 amide bonds. The molecule has 0 spiro atoms. The van der Waals surface area contributed by atoms with E-state index in [1.807, 2.05) is 19.1 Å². The lowest BCUT2D eigenvalue weighted by atomic mass is 10.3. The van der Waals surface area contributed by atoms with Gasteiger partial charge in [-0.3, -0.25) is 0 Å². The summed E-state index contributed by atoms with van der Waals surface area (Å²) in [4.78, 5) is 13.2. The molecular formula is C23H20Cl3NO4S. The van der Waals surface area contributed by atoms with Gasteiger partial charge in [0.05, 0.1) is 5.02 Å². The highest BCUT2D eigenvalue weighted by atomic mass is 35.5. The molecule has 0 N–H and O–H groups in total. The molecule has 0 aliphatic carbocycles. The van der Waals surface area contributed by atoms with Gasteiger partial charge in [-0.05, 0) is 73.5 Å². The number of benzene rings is 3. The van der Waals surface area contributed by atoms with Gasteiger partial charge in [-0.2, -0.15) is 0 Å². The van der Waals surface area contributed by atoms with Crippen molar-refractivity contribution < 1.29 is 19.0 Å². The molecule has 3 rings (SSSR count). The highest BCUT2D eigenvalue weighted by Crippen LogP contribution is 2.32. The van der Waals surface area contributed by atoms with E-state index in [2.05, 4.69) is 0 Å². The number of hydrogen-bond acceptors (Lipinski definition) is 5. The van der Waals surface area contributed by atoms with Crippen LogP contribution >= 0.6 is 46.8 Å². The van der Waals surface area contributed by atoms with E-state index in [1.54, 1.807) is 54.6 Å². The van der Waals surface area contributed by atoms with Crippen molar-refractivity contribution in [1.29, 1.82) is 0 Å². The second-order valence-electron chi connectivity index (χ2n) is 6.35. The van der Waals surface area contributed by atoms with Crippen LogP contribution in [-0.4, -0.2) is 30.2 Å². The number of rotatable bonds is 9. The van der Waals surface area contributed by atoms with Gasteiger partial charge in [0.15, 0.2) is 0 Å². The Labute approximate surface area is 206 Å². The number of amides is 1. The van der Waals surface area contributed by atoms with E-state index in [0.29, 0.717) is 38.9 Å². The van der Waals surface area contributed by atoms with Crippen LogP contribution in [0, 0.1) is 0 Å². The number of nitrogens with zero attached hydrogens (tertiary/aromatic N) is 1. The summed E-state index contributed by atoms with van der Waals surface area (Å²) < 4.78 is 18.2. The summed E-state index contributed by atoms with van der Waals surface area (Å²) in [6.45, 7) is 2.58. The van der Waals surface area contributed by atoms with Crippen LogP contribution in [0.3, 0.4) is 0 Å². The van der Waals surface area contributed by atoms with Crippen molar-refractivity contribution in [2.24, 2.45) is 0 Å². The van der Waals surface area contributed by atoms with Crippen LogP contribution in [0.4, 0.5) is 4.79 Å². The van der Waals surface area contributed by atoms with Gasteiger partial charge in [-0.15, -0.1) is 0 Å². The summed E-state index contributed by atoms with van der Waals surface area (Å²) in [5.41, 5.74) is 0. The fraction of sp³-hybridized carbons (Fsp3) is 0.174. The molecular weight excluding hydrogens is 493 g/mol. The summed E-state index contributed by atoms with van der Waals surface area (Å²) in [5, 5.41) is 1.60. The van der Waals surface area contributed by atoms with Crippen LogP contribution in [0.25, 0.3) is 0 Å². The Kier molecular flexibility index (Phi) is 9.23. The van der Waals surface area contributed by atoms with Crippen LogP contribution < -0.4 is 9.47 Å². The average Bonchev–Trinajstić information content (AvgIpc) is 2.77. The molecule has 0 unspecified atom stereocenters.